The molecule has 0 aliphatic heterocycles. The smallest absolute Gasteiger partial charge is 0.210 e. The zero-order valence-corrected chi connectivity index (χ0v) is 5.41. The van der Waals surface area contributed by atoms with E-state index in [2.05, 4.69) is 0 Å². The van der Waals surface area contributed by atoms with Crippen LogP contribution in [0.5, 0.6) is 0 Å². The summed E-state index contributed by atoms with van der Waals surface area (Å²) in [6, 6.07) is 0. The number of hydrogen-bond acceptors (Lipinski definition) is 0. The van der Waals surface area contributed by atoms with Crippen LogP contribution in [0, 0.1) is 11.8 Å². The van der Waals surface area contributed by atoms with E-state index in [1.165, 1.54) is 20.8 Å². The van der Waals surface area contributed by atoms with Gasteiger partial charge in [-0.1, -0.05) is 20.8 Å². The van der Waals surface area contributed by atoms with Crippen molar-refractivity contribution in [1.29, 1.82) is 0 Å². The largest absolute Gasteiger partial charge is 0.241 e. The molecule has 1 unspecified atom stereocenters. The average molecular weight is 123 g/mol. The summed E-state index contributed by atoms with van der Waals surface area (Å²) in [7, 11) is 0. The maximum atomic E-state index is 11.8. The Hall–Kier alpha value is -0.140. The molecule has 0 aromatic heterocycles. The molecule has 0 N–H and O–H groups in total. The maximum absolute atomic E-state index is 11.8. The molecule has 0 aromatic rings. The van der Waals surface area contributed by atoms with Gasteiger partial charge in [0.25, 0.3) is 0 Å². The minimum atomic E-state index is -2.38. The van der Waals surface area contributed by atoms with E-state index in [-0.39, 0.29) is 0 Å². The lowest BCUT2D eigenvalue weighted by atomic mass is 9.99. The summed E-state index contributed by atoms with van der Waals surface area (Å²) in [5, 5.41) is 0. The molecule has 1 atom stereocenters. The second kappa shape index (κ2) is 3.00. The molecular formula is C6H12F2. The fourth-order valence-corrected chi connectivity index (χ4v) is 0.252. The van der Waals surface area contributed by atoms with Gasteiger partial charge in [0.05, 0.1) is 0 Å². The zero-order valence-electron chi connectivity index (χ0n) is 6.41. The first-order valence-corrected chi connectivity index (χ1v) is 2.64. The Morgan fingerprint density at radius 2 is 1.62 bits per heavy atom. The molecule has 0 nitrogen and oxygen atoms in total. The van der Waals surface area contributed by atoms with E-state index < -0.39 is 18.2 Å². The molecule has 0 saturated heterocycles. The normalized spacial score (nSPS) is 18.5. The van der Waals surface area contributed by atoms with Gasteiger partial charge in [-0.2, -0.15) is 0 Å². The summed E-state index contributed by atoms with van der Waals surface area (Å²) >= 11 is 0. The molecule has 0 heterocycles. The molecule has 0 fully saturated rings. The molecular weight excluding hydrogens is 110 g/mol. The predicted octanol–water partition coefficient (Wildman–Crippen LogP) is 2.54. The fourth-order valence-electron chi connectivity index (χ4n) is 0.252. The van der Waals surface area contributed by atoms with Crippen LogP contribution in [0.4, 0.5) is 8.78 Å². The first kappa shape index (κ1) is 5.99. The molecule has 0 aliphatic rings. The molecule has 0 aromatic carbocycles. The van der Waals surface area contributed by atoms with Crippen molar-refractivity contribution in [3.8, 4) is 0 Å². The minimum absolute atomic E-state index is 0.850. The van der Waals surface area contributed by atoms with Gasteiger partial charge in [-0.15, -0.1) is 0 Å². The summed E-state index contributed by atoms with van der Waals surface area (Å²) in [5.41, 5.74) is 0. The Labute approximate surface area is 50.3 Å². The van der Waals surface area contributed by atoms with Crippen LogP contribution in [0.15, 0.2) is 0 Å². The van der Waals surface area contributed by atoms with Crippen molar-refractivity contribution in [2.24, 2.45) is 11.8 Å². The Morgan fingerprint density at radius 1 is 1.25 bits per heavy atom. The number of alkyl halides is 2. The lowest BCUT2D eigenvalue weighted by Gasteiger charge is -2.12. The van der Waals surface area contributed by atoms with Crippen LogP contribution >= 0.6 is 0 Å². The summed E-state index contributed by atoms with van der Waals surface area (Å²) < 4.78 is 30.8. The van der Waals surface area contributed by atoms with E-state index >= 15 is 0 Å². The van der Waals surface area contributed by atoms with E-state index in [0.717, 1.165) is 0 Å². The summed E-state index contributed by atoms with van der Waals surface area (Å²) in [6.07, 6.45) is -2.38. The van der Waals surface area contributed by atoms with Gasteiger partial charge < -0.3 is 0 Å². The third kappa shape index (κ3) is 2.24. The highest BCUT2D eigenvalue weighted by atomic mass is 19.3. The lowest BCUT2D eigenvalue weighted by molar-refractivity contribution is 0.0626. The van der Waals surface area contributed by atoms with Crippen LogP contribution < -0.4 is 0 Å². The van der Waals surface area contributed by atoms with Crippen molar-refractivity contribution in [2.75, 3.05) is 0 Å². The molecule has 50 valence electrons. The summed E-state index contributed by atoms with van der Waals surface area (Å²) in [6.45, 7) is 4.37. The Balaban J connectivity index is 3.88. The van der Waals surface area contributed by atoms with Crippen LogP contribution in [0.25, 0.3) is 0 Å². The van der Waals surface area contributed by atoms with Crippen LogP contribution in [0.3, 0.4) is 0 Å². The van der Waals surface area contributed by atoms with Crippen molar-refractivity contribution in [3.05, 3.63) is 0 Å². The highest BCUT2D eigenvalue weighted by Gasteiger charge is 2.17. The Kier molecular flexibility index (Phi) is 2.25. The first-order chi connectivity index (χ1) is 3.85. The Morgan fingerprint density at radius 3 is 1.62 bits per heavy atom. The molecule has 0 rings (SSSR count). The van der Waals surface area contributed by atoms with Crippen LogP contribution in [0.2, 0.25) is 0 Å². The topological polar surface area (TPSA) is 0 Å². The van der Waals surface area contributed by atoms with E-state index in [1.54, 1.807) is 0 Å². The van der Waals surface area contributed by atoms with Gasteiger partial charge in [0.2, 0.25) is 6.43 Å². The molecule has 2 heteroatoms. The second-order valence-corrected chi connectivity index (χ2v) is 2.20. The molecule has 8 heavy (non-hydrogen) atoms. The third-order valence-electron chi connectivity index (χ3n) is 1.29. The molecule has 0 saturated carbocycles. The van der Waals surface area contributed by atoms with Gasteiger partial charge in [0.15, 0.2) is 0 Å². The SMILES string of the molecule is [2H]C(C)(C)C(C)C(F)F. The molecule has 0 amide bonds. The average Bonchev–Trinajstić information content (AvgIpc) is 1.62. The number of halogens is 2. The fraction of sp³-hybridized carbons (Fsp3) is 1.00. The monoisotopic (exact) mass is 123 g/mol. The number of rotatable bonds is 2. The summed E-state index contributed by atoms with van der Waals surface area (Å²) in [4.78, 5) is 0. The quantitative estimate of drug-likeness (QED) is 0.529. The third-order valence-corrected chi connectivity index (χ3v) is 1.29. The van der Waals surface area contributed by atoms with Gasteiger partial charge >= 0.3 is 0 Å². The van der Waals surface area contributed by atoms with Crippen LogP contribution in [0.1, 0.15) is 22.1 Å². The predicted molar refractivity (Wildman–Crippen MR) is 30.0 cm³/mol. The highest BCUT2D eigenvalue weighted by Crippen LogP contribution is 2.17. The van der Waals surface area contributed by atoms with Gasteiger partial charge in [0.1, 0.15) is 0 Å². The standard InChI is InChI=1S/C6H12F2/c1-4(2)5(3)6(7)8/h4-6H,1-3H3/i4D. The number of hydrogen-bond donors (Lipinski definition) is 0. The van der Waals surface area contributed by atoms with E-state index in [1.807, 2.05) is 0 Å². The summed E-state index contributed by atoms with van der Waals surface area (Å²) in [5.74, 6) is -1.87. The van der Waals surface area contributed by atoms with Gasteiger partial charge in [0, 0.05) is 7.29 Å². The van der Waals surface area contributed by atoms with Gasteiger partial charge in [-0.25, -0.2) is 8.78 Å². The van der Waals surface area contributed by atoms with Crippen molar-refractivity contribution < 1.29 is 10.2 Å². The van der Waals surface area contributed by atoms with Crippen molar-refractivity contribution in [2.45, 2.75) is 27.2 Å². The van der Waals surface area contributed by atoms with E-state index in [0.29, 0.717) is 0 Å². The molecule has 0 bridgehead atoms. The molecule has 0 aliphatic carbocycles. The maximum Gasteiger partial charge on any atom is 0.241 e. The minimum Gasteiger partial charge on any atom is -0.210 e. The zero-order chi connectivity index (χ0) is 7.65. The van der Waals surface area contributed by atoms with Crippen LogP contribution in [-0.2, 0) is 0 Å². The van der Waals surface area contributed by atoms with Crippen LogP contribution in [-0.4, -0.2) is 6.43 Å². The molecule has 0 radical (unpaired) electrons. The van der Waals surface area contributed by atoms with Gasteiger partial charge in [-0.3, -0.25) is 0 Å². The highest BCUT2D eigenvalue weighted by molar-refractivity contribution is 4.57. The Bertz CT molecular complexity index is 85.5. The van der Waals surface area contributed by atoms with E-state index in [9.17, 15) is 8.78 Å². The van der Waals surface area contributed by atoms with Crippen molar-refractivity contribution >= 4 is 0 Å². The van der Waals surface area contributed by atoms with Crippen molar-refractivity contribution in [3.63, 3.8) is 0 Å². The van der Waals surface area contributed by atoms with Crippen molar-refractivity contribution in [1.82, 2.24) is 0 Å². The van der Waals surface area contributed by atoms with Gasteiger partial charge in [-0.05, 0) is 5.89 Å². The lowest BCUT2D eigenvalue weighted by Crippen LogP contribution is -2.12. The first-order valence-electron chi connectivity index (χ1n) is 3.14. The van der Waals surface area contributed by atoms with E-state index in [4.69, 9.17) is 1.37 Å². The second-order valence-electron chi connectivity index (χ2n) is 2.20. The molecule has 0 spiro atoms.